The molecule has 6 heteroatoms. The molecule has 2 N–H and O–H groups in total. The summed E-state index contributed by atoms with van der Waals surface area (Å²) in [6, 6.07) is 3.50. The second kappa shape index (κ2) is 6.78. The minimum absolute atomic E-state index is 0.384. The number of methoxy groups -OCH3 is 1. The topological polar surface area (TPSA) is 69.5 Å². The molecule has 0 amide bonds. The van der Waals surface area contributed by atoms with Crippen LogP contribution in [0.15, 0.2) is 22.7 Å². The van der Waals surface area contributed by atoms with E-state index in [0.717, 1.165) is 36.7 Å². The van der Waals surface area contributed by atoms with Gasteiger partial charge in [-0.1, -0.05) is 6.92 Å². The van der Waals surface area contributed by atoms with Crippen LogP contribution in [0.4, 0.5) is 0 Å². The maximum absolute atomic E-state index is 6.36. The molecule has 1 unspecified atom stereocenters. The van der Waals surface area contributed by atoms with E-state index in [0.29, 0.717) is 5.75 Å². The molecule has 0 saturated heterocycles. The van der Waals surface area contributed by atoms with Crippen molar-refractivity contribution in [2.45, 2.75) is 25.9 Å². The molecule has 0 bridgehead atoms. The molecule has 0 radical (unpaired) electrons. The fraction of sp³-hybridized carbons (Fsp3) is 0.533. The zero-order valence-corrected chi connectivity index (χ0v) is 13.2. The smallest absolute Gasteiger partial charge is 0.162 e. The van der Waals surface area contributed by atoms with Crippen LogP contribution in [0.2, 0.25) is 0 Å². The van der Waals surface area contributed by atoms with Gasteiger partial charge in [0.15, 0.2) is 5.75 Å². The first-order valence-corrected chi connectivity index (χ1v) is 7.15. The molecule has 1 atom stereocenters. The first-order chi connectivity index (χ1) is 10.1. The fourth-order valence-corrected chi connectivity index (χ4v) is 2.21. The summed E-state index contributed by atoms with van der Waals surface area (Å²) < 4.78 is 13.0. The summed E-state index contributed by atoms with van der Waals surface area (Å²) in [5.41, 5.74) is 7.21. The number of nitrogens with zero attached hydrogens (tertiary/aromatic N) is 3. The molecule has 2 aromatic rings. The Morgan fingerprint density at radius 2 is 2.19 bits per heavy atom. The summed E-state index contributed by atoms with van der Waals surface area (Å²) in [5.74, 6) is 2.35. The van der Waals surface area contributed by atoms with Crippen LogP contribution in [-0.2, 0) is 13.0 Å². The highest BCUT2D eigenvalue weighted by molar-refractivity contribution is 5.33. The summed E-state index contributed by atoms with van der Waals surface area (Å²) in [6.07, 6.45) is 2.55. The van der Waals surface area contributed by atoms with Gasteiger partial charge in [0, 0.05) is 13.0 Å². The van der Waals surface area contributed by atoms with Crippen molar-refractivity contribution < 1.29 is 9.15 Å². The summed E-state index contributed by atoms with van der Waals surface area (Å²) in [6.45, 7) is 3.68. The van der Waals surface area contributed by atoms with E-state index in [1.807, 2.05) is 30.9 Å². The second-order valence-electron chi connectivity index (χ2n) is 5.26. The summed E-state index contributed by atoms with van der Waals surface area (Å²) in [4.78, 5) is 2.10. The van der Waals surface area contributed by atoms with Gasteiger partial charge in [0.2, 0.25) is 0 Å². The van der Waals surface area contributed by atoms with Crippen molar-refractivity contribution in [2.75, 3.05) is 27.7 Å². The molecule has 0 spiro atoms. The third-order valence-electron chi connectivity index (χ3n) is 3.46. The van der Waals surface area contributed by atoms with E-state index < -0.39 is 0 Å². The minimum atomic E-state index is -0.384. The number of furan rings is 1. The molecule has 0 aliphatic carbocycles. The molecule has 2 aromatic heterocycles. The molecule has 0 saturated carbocycles. The molecule has 116 valence electrons. The lowest BCUT2D eigenvalue weighted by atomic mass is 10.1. The molecule has 6 nitrogen and oxygen atoms in total. The van der Waals surface area contributed by atoms with Crippen molar-refractivity contribution in [1.82, 2.24) is 14.7 Å². The number of aryl methyl sites for hydroxylation is 1. The van der Waals surface area contributed by atoms with Gasteiger partial charge >= 0.3 is 0 Å². The van der Waals surface area contributed by atoms with Gasteiger partial charge in [-0.2, -0.15) is 5.10 Å². The Hall–Kier alpha value is -1.79. The number of nitrogens with two attached hydrogens (primary N) is 1. The van der Waals surface area contributed by atoms with Gasteiger partial charge in [-0.05, 0) is 26.2 Å². The molecular weight excluding hydrogens is 268 g/mol. The third kappa shape index (κ3) is 3.46. The molecule has 21 heavy (non-hydrogen) atoms. The highest BCUT2D eigenvalue weighted by atomic mass is 16.5. The predicted molar refractivity (Wildman–Crippen MR) is 81.4 cm³/mol. The lowest BCUT2D eigenvalue weighted by molar-refractivity contribution is 0.358. The molecule has 2 rings (SSSR count). The SMILES string of the molecule is CCc1ccc(C(N)c2c(OC)cnn2CCN(C)C)o1. The monoisotopic (exact) mass is 292 g/mol. The van der Waals surface area contributed by atoms with E-state index in [1.165, 1.54) is 0 Å². The predicted octanol–water partition coefficient (Wildman–Crippen LogP) is 1.66. The Kier molecular flexibility index (Phi) is 5.03. The molecule has 0 aromatic carbocycles. The summed E-state index contributed by atoms with van der Waals surface area (Å²) >= 11 is 0. The first-order valence-electron chi connectivity index (χ1n) is 7.15. The van der Waals surface area contributed by atoms with Gasteiger partial charge < -0.3 is 19.8 Å². The van der Waals surface area contributed by atoms with Crippen molar-refractivity contribution in [2.24, 2.45) is 5.73 Å². The Labute approximate surface area is 125 Å². The molecule has 2 heterocycles. The Balaban J connectivity index is 2.29. The van der Waals surface area contributed by atoms with Crippen molar-refractivity contribution in [3.8, 4) is 5.75 Å². The van der Waals surface area contributed by atoms with E-state index in [4.69, 9.17) is 14.9 Å². The summed E-state index contributed by atoms with van der Waals surface area (Å²) in [7, 11) is 5.68. The maximum Gasteiger partial charge on any atom is 0.162 e. The second-order valence-corrected chi connectivity index (χ2v) is 5.26. The van der Waals surface area contributed by atoms with Gasteiger partial charge in [0.1, 0.15) is 23.3 Å². The quantitative estimate of drug-likeness (QED) is 0.840. The highest BCUT2D eigenvalue weighted by Gasteiger charge is 2.23. The van der Waals surface area contributed by atoms with E-state index in [9.17, 15) is 0 Å². The van der Waals surface area contributed by atoms with Gasteiger partial charge in [-0.25, -0.2) is 0 Å². The normalized spacial score (nSPS) is 12.9. The van der Waals surface area contributed by atoms with Crippen molar-refractivity contribution in [3.05, 3.63) is 35.5 Å². The van der Waals surface area contributed by atoms with Crippen LogP contribution in [0.3, 0.4) is 0 Å². The van der Waals surface area contributed by atoms with Crippen molar-refractivity contribution >= 4 is 0 Å². The van der Waals surface area contributed by atoms with E-state index >= 15 is 0 Å². The van der Waals surface area contributed by atoms with E-state index in [-0.39, 0.29) is 6.04 Å². The van der Waals surface area contributed by atoms with Crippen molar-refractivity contribution in [3.63, 3.8) is 0 Å². The van der Waals surface area contributed by atoms with Crippen LogP contribution in [-0.4, -0.2) is 42.4 Å². The number of rotatable bonds is 7. The van der Waals surface area contributed by atoms with Crippen LogP contribution >= 0.6 is 0 Å². The van der Waals surface area contributed by atoms with Gasteiger partial charge in [-0.15, -0.1) is 0 Å². The zero-order valence-electron chi connectivity index (χ0n) is 13.2. The van der Waals surface area contributed by atoms with Crippen LogP contribution in [0.25, 0.3) is 0 Å². The molecule has 0 aliphatic heterocycles. The number of hydrogen-bond donors (Lipinski definition) is 1. The Morgan fingerprint density at radius 1 is 1.43 bits per heavy atom. The number of aromatic nitrogens is 2. The highest BCUT2D eigenvalue weighted by Crippen LogP contribution is 2.29. The number of hydrogen-bond acceptors (Lipinski definition) is 5. The summed E-state index contributed by atoms with van der Waals surface area (Å²) in [5, 5.41) is 4.38. The Bertz CT molecular complexity index is 574. The molecule has 0 fully saturated rings. The molecular formula is C15H24N4O2. The van der Waals surface area contributed by atoms with E-state index in [1.54, 1.807) is 13.3 Å². The average molecular weight is 292 g/mol. The minimum Gasteiger partial charge on any atom is -0.493 e. The lowest BCUT2D eigenvalue weighted by Gasteiger charge is -2.16. The van der Waals surface area contributed by atoms with Gasteiger partial charge in [0.05, 0.1) is 19.9 Å². The van der Waals surface area contributed by atoms with Gasteiger partial charge in [0.25, 0.3) is 0 Å². The fourth-order valence-electron chi connectivity index (χ4n) is 2.21. The molecule has 0 aliphatic rings. The standard InChI is InChI=1S/C15H24N4O2/c1-5-11-6-7-12(21-11)14(16)15-13(20-4)10-17-19(15)9-8-18(2)3/h6-7,10,14H,5,8-9,16H2,1-4H3. The van der Waals surface area contributed by atoms with Crippen LogP contribution < -0.4 is 10.5 Å². The maximum atomic E-state index is 6.36. The first kappa shape index (κ1) is 15.6. The Morgan fingerprint density at radius 3 is 2.76 bits per heavy atom. The van der Waals surface area contributed by atoms with Crippen LogP contribution in [0, 0.1) is 0 Å². The zero-order chi connectivity index (χ0) is 15.4. The van der Waals surface area contributed by atoms with Crippen LogP contribution in [0.1, 0.15) is 30.2 Å². The van der Waals surface area contributed by atoms with Gasteiger partial charge in [-0.3, -0.25) is 4.68 Å². The van der Waals surface area contributed by atoms with Crippen molar-refractivity contribution in [1.29, 1.82) is 0 Å². The number of likely N-dealkylation sites (N-methyl/N-ethyl adjacent to an activating group) is 1. The largest absolute Gasteiger partial charge is 0.493 e. The number of ether oxygens (including phenoxy) is 1. The third-order valence-corrected chi connectivity index (χ3v) is 3.46. The average Bonchev–Trinajstić information content (AvgIpc) is 3.10. The van der Waals surface area contributed by atoms with E-state index in [2.05, 4.69) is 16.9 Å². The van der Waals surface area contributed by atoms with Crippen LogP contribution in [0.5, 0.6) is 5.75 Å². The lowest BCUT2D eigenvalue weighted by Crippen LogP contribution is -2.23.